The van der Waals surface area contributed by atoms with Crippen molar-refractivity contribution >= 4 is 51.2 Å². The monoisotopic (exact) mass is 487 g/mol. The average molecular weight is 488 g/mol. The van der Waals surface area contributed by atoms with E-state index in [2.05, 4.69) is 16.6 Å². The lowest BCUT2D eigenvalue weighted by molar-refractivity contribution is -0.125. The number of anilines is 2. The van der Waals surface area contributed by atoms with Crippen molar-refractivity contribution in [3.63, 3.8) is 0 Å². The maximum Gasteiger partial charge on any atom is 0.262 e. The second-order valence-corrected chi connectivity index (χ2v) is 10.1. The standard InChI is InChI=1S/C23H25N3O5S2/c1-4-17-6-8-20(32-17)23(29)25-18(9-12-33(3)30)22(28)24-16-5-7-19(15(2)13-16)26-10-11-31-14-21(26)27/h1,5-8,13,18H,9-12,14H2,2-3H3,(H,24,28)(H,25,29)/t18-,33?/m1/s1. The highest BCUT2D eigenvalue weighted by Crippen LogP contribution is 2.25. The highest BCUT2D eigenvalue weighted by molar-refractivity contribution is 7.84. The number of rotatable bonds is 8. The summed E-state index contributed by atoms with van der Waals surface area (Å²) < 4.78 is 16.8. The molecule has 2 atom stereocenters. The summed E-state index contributed by atoms with van der Waals surface area (Å²) in [6.45, 7) is 2.84. The van der Waals surface area contributed by atoms with E-state index in [1.165, 1.54) is 0 Å². The third kappa shape index (κ3) is 6.51. The molecule has 0 aliphatic carbocycles. The number of hydrogen-bond acceptors (Lipinski definition) is 6. The van der Waals surface area contributed by atoms with Crippen molar-refractivity contribution < 1.29 is 23.3 Å². The van der Waals surface area contributed by atoms with Crippen molar-refractivity contribution in [3.8, 4) is 12.3 Å². The van der Waals surface area contributed by atoms with E-state index in [1.54, 1.807) is 41.5 Å². The highest BCUT2D eigenvalue weighted by Gasteiger charge is 2.24. The first kappa shape index (κ1) is 24.6. The van der Waals surface area contributed by atoms with Gasteiger partial charge in [0.1, 0.15) is 12.6 Å². The largest absolute Gasteiger partial charge is 0.370 e. The molecule has 2 aromatic rings. The van der Waals surface area contributed by atoms with Gasteiger partial charge in [-0.2, -0.15) is 0 Å². The fraction of sp³-hybridized carbons (Fsp3) is 0.348. The predicted molar refractivity (Wildman–Crippen MR) is 130 cm³/mol. The van der Waals surface area contributed by atoms with E-state index < -0.39 is 28.7 Å². The molecule has 8 nitrogen and oxygen atoms in total. The van der Waals surface area contributed by atoms with Gasteiger partial charge < -0.3 is 20.3 Å². The molecule has 3 rings (SSSR count). The van der Waals surface area contributed by atoms with Crippen LogP contribution in [0.3, 0.4) is 0 Å². The Morgan fingerprint density at radius 2 is 2.12 bits per heavy atom. The summed E-state index contributed by atoms with van der Waals surface area (Å²) in [5, 5.41) is 5.53. The summed E-state index contributed by atoms with van der Waals surface area (Å²) >= 11 is 1.16. The topological polar surface area (TPSA) is 105 Å². The number of benzene rings is 1. The molecular weight excluding hydrogens is 462 g/mol. The first-order valence-electron chi connectivity index (χ1n) is 10.3. The minimum absolute atomic E-state index is 0.0468. The van der Waals surface area contributed by atoms with Crippen LogP contribution in [0.1, 0.15) is 26.5 Å². The van der Waals surface area contributed by atoms with Crippen LogP contribution in [0.15, 0.2) is 30.3 Å². The van der Waals surface area contributed by atoms with Gasteiger partial charge in [0.2, 0.25) is 5.91 Å². The van der Waals surface area contributed by atoms with E-state index in [9.17, 15) is 18.6 Å². The van der Waals surface area contributed by atoms with Gasteiger partial charge in [0.15, 0.2) is 0 Å². The summed E-state index contributed by atoms with van der Waals surface area (Å²) in [5.74, 6) is 1.79. The average Bonchev–Trinajstić information content (AvgIpc) is 3.27. The third-order valence-corrected chi connectivity index (χ3v) is 6.85. The molecule has 1 saturated heterocycles. The molecular formula is C23H25N3O5S2. The van der Waals surface area contributed by atoms with Crippen LogP contribution in [0.5, 0.6) is 0 Å². The molecule has 1 aliphatic heterocycles. The Kier molecular flexibility index (Phi) is 8.38. The van der Waals surface area contributed by atoms with Crippen molar-refractivity contribution in [3.05, 3.63) is 45.6 Å². The van der Waals surface area contributed by atoms with E-state index in [0.29, 0.717) is 28.6 Å². The number of morpholine rings is 1. The van der Waals surface area contributed by atoms with Crippen LogP contribution in [-0.4, -0.2) is 59.7 Å². The second-order valence-electron chi connectivity index (χ2n) is 7.49. The zero-order valence-corrected chi connectivity index (χ0v) is 20.0. The number of nitrogens with one attached hydrogen (secondary N) is 2. The van der Waals surface area contributed by atoms with Crippen molar-refractivity contribution in [1.29, 1.82) is 0 Å². The van der Waals surface area contributed by atoms with Gasteiger partial charge in [-0.3, -0.25) is 18.6 Å². The Labute approximate surface area is 199 Å². The molecule has 174 valence electrons. The molecule has 10 heteroatoms. The van der Waals surface area contributed by atoms with Gasteiger partial charge in [0, 0.05) is 40.7 Å². The molecule has 33 heavy (non-hydrogen) atoms. The van der Waals surface area contributed by atoms with E-state index in [1.807, 2.05) is 6.92 Å². The molecule has 2 N–H and O–H groups in total. The molecule has 0 bridgehead atoms. The number of amides is 3. The van der Waals surface area contributed by atoms with Crippen LogP contribution in [0, 0.1) is 19.3 Å². The lowest BCUT2D eigenvalue weighted by Crippen LogP contribution is -2.44. The highest BCUT2D eigenvalue weighted by atomic mass is 32.2. The molecule has 1 unspecified atom stereocenters. The lowest BCUT2D eigenvalue weighted by atomic mass is 10.1. The van der Waals surface area contributed by atoms with Gasteiger partial charge >= 0.3 is 0 Å². The number of carbonyl (C=O) groups excluding carboxylic acids is 3. The maximum absolute atomic E-state index is 13.0. The Balaban J connectivity index is 1.72. The number of terminal acetylenes is 1. The summed E-state index contributed by atoms with van der Waals surface area (Å²) in [6.07, 6.45) is 7.12. The third-order valence-electron chi connectivity index (χ3n) is 5.03. The quantitative estimate of drug-likeness (QED) is 0.554. The molecule has 0 saturated carbocycles. The van der Waals surface area contributed by atoms with Crippen LogP contribution in [0.4, 0.5) is 11.4 Å². The van der Waals surface area contributed by atoms with Gasteiger partial charge in [-0.05, 0) is 49.2 Å². The molecule has 1 aliphatic rings. The molecule has 2 heterocycles. The van der Waals surface area contributed by atoms with Crippen molar-refractivity contribution in [1.82, 2.24) is 5.32 Å². The van der Waals surface area contributed by atoms with Crippen molar-refractivity contribution in [2.45, 2.75) is 19.4 Å². The van der Waals surface area contributed by atoms with Gasteiger partial charge in [0.05, 0.1) is 16.4 Å². The van der Waals surface area contributed by atoms with Crippen LogP contribution in [0.25, 0.3) is 0 Å². The summed E-state index contributed by atoms with van der Waals surface area (Å²) in [5.41, 5.74) is 2.11. The molecule has 0 spiro atoms. The van der Waals surface area contributed by atoms with Gasteiger partial charge in [-0.25, -0.2) is 0 Å². The zero-order chi connectivity index (χ0) is 24.0. The van der Waals surface area contributed by atoms with Crippen molar-refractivity contribution in [2.75, 3.05) is 42.0 Å². The van der Waals surface area contributed by atoms with Gasteiger partial charge in [-0.15, -0.1) is 17.8 Å². The lowest BCUT2D eigenvalue weighted by Gasteiger charge is -2.28. The number of ether oxygens (including phenoxy) is 1. The second kappa shape index (κ2) is 11.2. The molecule has 1 aromatic heterocycles. The fourth-order valence-electron chi connectivity index (χ4n) is 3.36. The first-order valence-corrected chi connectivity index (χ1v) is 12.8. The number of nitrogens with zero attached hydrogens (tertiary/aromatic N) is 1. The predicted octanol–water partition coefficient (Wildman–Crippen LogP) is 1.91. The summed E-state index contributed by atoms with van der Waals surface area (Å²) in [7, 11) is -1.12. The summed E-state index contributed by atoms with van der Waals surface area (Å²) in [6, 6.07) is 7.65. The minimum atomic E-state index is -1.12. The van der Waals surface area contributed by atoms with Crippen LogP contribution >= 0.6 is 11.3 Å². The number of carbonyl (C=O) groups is 3. The Hall–Kier alpha value is -3.00. The fourth-order valence-corrected chi connectivity index (χ4v) is 4.64. The first-order chi connectivity index (χ1) is 15.8. The normalized spacial score (nSPS) is 15.4. The molecule has 1 fully saturated rings. The SMILES string of the molecule is C#Cc1ccc(C(=O)N[C@H](CCS(C)=O)C(=O)Nc2ccc(N3CCOCC3=O)c(C)c2)s1. The smallest absolute Gasteiger partial charge is 0.262 e. The number of thiophene rings is 1. The van der Waals surface area contributed by atoms with Crippen LogP contribution in [0.2, 0.25) is 0 Å². The number of hydrogen-bond donors (Lipinski definition) is 2. The van der Waals surface area contributed by atoms with Crippen molar-refractivity contribution in [2.24, 2.45) is 0 Å². The van der Waals surface area contributed by atoms with E-state index >= 15 is 0 Å². The van der Waals surface area contributed by atoms with Crippen LogP contribution in [-0.2, 0) is 25.1 Å². The minimum Gasteiger partial charge on any atom is -0.370 e. The molecule has 1 aromatic carbocycles. The maximum atomic E-state index is 13.0. The Bertz CT molecular complexity index is 1120. The van der Waals surface area contributed by atoms with Gasteiger partial charge in [0.25, 0.3) is 11.8 Å². The Morgan fingerprint density at radius 3 is 2.76 bits per heavy atom. The molecule has 3 amide bonds. The zero-order valence-electron chi connectivity index (χ0n) is 18.4. The van der Waals surface area contributed by atoms with E-state index in [-0.39, 0.29) is 24.7 Å². The van der Waals surface area contributed by atoms with Crippen LogP contribution < -0.4 is 15.5 Å². The number of aryl methyl sites for hydroxylation is 1. The Morgan fingerprint density at radius 1 is 1.33 bits per heavy atom. The van der Waals surface area contributed by atoms with Gasteiger partial charge in [-0.1, -0.05) is 5.92 Å². The van der Waals surface area contributed by atoms with E-state index in [0.717, 1.165) is 22.6 Å². The molecule has 0 radical (unpaired) electrons. The summed E-state index contributed by atoms with van der Waals surface area (Å²) in [4.78, 5) is 40.4. The van der Waals surface area contributed by atoms with E-state index in [4.69, 9.17) is 11.2 Å².